The molecule has 4 N–H and O–H groups in total. The van der Waals surface area contributed by atoms with E-state index in [1.807, 2.05) is 0 Å². The van der Waals surface area contributed by atoms with E-state index in [0.29, 0.717) is 12.3 Å². The Bertz CT molecular complexity index is 293. The zero-order chi connectivity index (χ0) is 13.0. The lowest BCUT2D eigenvalue weighted by atomic mass is 9.77. The number of likely N-dealkylation sites (N-methyl/N-ethyl adjacent to an activating group) is 1. The van der Waals surface area contributed by atoms with E-state index in [2.05, 4.69) is 17.6 Å². The maximum absolute atomic E-state index is 12.0. The summed E-state index contributed by atoms with van der Waals surface area (Å²) in [4.78, 5) is 23.4. The minimum absolute atomic E-state index is 0.0521. The van der Waals surface area contributed by atoms with Crippen molar-refractivity contribution in [1.82, 2.24) is 10.6 Å². The number of carbonyl (C=O) groups is 2. The van der Waals surface area contributed by atoms with Crippen molar-refractivity contribution in [3.8, 4) is 0 Å². The number of hydrogen-bond acceptors (Lipinski definition) is 3. The van der Waals surface area contributed by atoms with E-state index >= 15 is 0 Å². The van der Waals surface area contributed by atoms with Gasteiger partial charge in [0.05, 0.1) is 0 Å². The van der Waals surface area contributed by atoms with Crippen LogP contribution >= 0.6 is 0 Å². The van der Waals surface area contributed by atoms with Crippen LogP contribution in [0.3, 0.4) is 0 Å². The zero-order valence-corrected chi connectivity index (χ0v) is 10.8. The van der Waals surface area contributed by atoms with Crippen LogP contribution in [0.5, 0.6) is 0 Å². The van der Waals surface area contributed by atoms with Crippen molar-refractivity contribution >= 4 is 11.8 Å². The van der Waals surface area contributed by atoms with Crippen molar-refractivity contribution in [2.45, 2.75) is 45.2 Å². The van der Waals surface area contributed by atoms with Gasteiger partial charge in [0.25, 0.3) is 0 Å². The van der Waals surface area contributed by atoms with Gasteiger partial charge in [0.2, 0.25) is 11.8 Å². The highest BCUT2D eigenvalue weighted by molar-refractivity contribution is 5.88. The Labute approximate surface area is 103 Å². The van der Waals surface area contributed by atoms with Crippen molar-refractivity contribution < 1.29 is 9.59 Å². The molecule has 1 aliphatic carbocycles. The van der Waals surface area contributed by atoms with E-state index in [1.54, 1.807) is 14.0 Å². The minimum Gasteiger partial charge on any atom is -0.357 e. The second-order valence-electron chi connectivity index (χ2n) is 5.00. The van der Waals surface area contributed by atoms with E-state index in [0.717, 1.165) is 12.8 Å². The molecule has 4 atom stereocenters. The molecule has 4 unspecified atom stereocenters. The van der Waals surface area contributed by atoms with Gasteiger partial charge in [0.15, 0.2) is 0 Å². The van der Waals surface area contributed by atoms with Gasteiger partial charge in [0, 0.05) is 19.0 Å². The number of nitrogens with two attached hydrogens (primary N) is 1. The van der Waals surface area contributed by atoms with Gasteiger partial charge in [-0.15, -0.1) is 0 Å². The molecule has 0 spiro atoms. The van der Waals surface area contributed by atoms with Gasteiger partial charge in [-0.05, 0) is 32.1 Å². The van der Waals surface area contributed by atoms with Crippen LogP contribution in [0, 0.1) is 11.8 Å². The Morgan fingerprint density at radius 2 is 2.00 bits per heavy atom. The largest absolute Gasteiger partial charge is 0.357 e. The normalized spacial score (nSPS) is 30.5. The second-order valence-corrected chi connectivity index (χ2v) is 5.00. The molecular weight excluding hydrogens is 218 g/mol. The van der Waals surface area contributed by atoms with Crippen LogP contribution in [-0.2, 0) is 9.59 Å². The summed E-state index contributed by atoms with van der Waals surface area (Å²) in [5.74, 6) is 0.0485. The molecule has 1 aliphatic rings. The molecule has 0 aromatic heterocycles. The summed E-state index contributed by atoms with van der Waals surface area (Å²) in [6.45, 7) is 3.75. The molecule has 1 rings (SSSR count). The lowest BCUT2D eigenvalue weighted by Crippen LogP contribution is -2.48. The SMILES string of the molecule is CNC(=O)C(C)NC(=O)C1CC(N)CCC1C. The number of hydrogen-bond donors (Lipinski definition) is 3. The van der Waals surface area contributed by atoms with Crippen molar-refractivity contribution in [3.05, 3.63) is 0 Å². The molecule has 17 heavy (non-hydrogen) atoms. The lowest BCUT2D eigenvalue weighted by molar-refractivity contribution is -0.132. The fourth-order valence-corrected chi connectivity index (χ4v) is 2.32. The van der Waals surface area contributed by atoms with E-state index in [9.17, 15) is 9.59 Å². The predicted octanol–water partition coefficient (Wildman–Crippen LogP) is 0.000600. The van der Waals surface area contributed by atoms with E-state index in [4.69, 9.17) is 5.73 Å². The third-order valence-electron chi connectivity index (χ3n) is 3.57. The van der Waals surface area contributed by atoms with E-state index in [-0.39, 0.29) is 23.8 Å². The second kappa shape index (κ2) is 6.00. The number of carbonyl (C=O) groups excluding carboxylic acids is 2. The first kappa shape index (κ1) is 14.0. The maximum Gasteiger partial charge on any atom is 0.242 e. The third kappa shape index (κ3) is 3.70. The number of rotatable bonds is 3. The summed E-state index contributed by atoms with van der Waals surface area (Å²) in [5, 5.41) is 5.26. The highest BCUT2D eigenvalue weighted by atomic mass is 16.2. The van der Waals surface area contributed by atoms with Crippen LogP contribution in [-0.4, -0.2) is 30.9 Å². The molecule has 0 saturated heterocycles. The van der Waals surface area contributed by atoms with Crippen LogP contribution in [0.15, 0.2) is 0 Å². The fraction of sp³-hybridized carbons (Fsp3) is 0.833. The quantitative estimate of drug-likeness (QED) is 0.650. The van der Waals surface area contributed by atoms with Gasteiger partial charge in [0.1, 0.15) is 6.04 Å². The Morgan fingerprint density at radius 3 is 2.59 bits per heavy atom. The third-order valence-corrected chi connectivity index (χ3v) is 3.57. The van der Waals surface area contributed by atoms with Crippen molar-refractivity contribution in [2.75, 3.05) is 7.05 Å². The molecule has 0 radical (unpaired) electrons. The van der Waals surface area contributed by atoms with Crippen LogP contribution in [0.25, 0.3) is 0 Å². The molecule has 98 valence electrons. The van der Waals surface area contributed by atoms with Gasteiger partial charge in [-0.2, -0.15) is 0 Å². The van der Waals surface area contributed by atoms with Gasteiger partial charge in [-0.25, -0.2) is 0 Å². The average Bonchev–Trinajstić information content (AvgIpc) is 2.30. The van der Waals surface area contributed by atoms with E-state index in [1.165, 1.54) is 0 Å². The molecule has 1 saturated carbocycles. The molecule has 0 bridgehead atoms. The highest BCUT2D eigenvalue weighted by Gasteiger charge is 2.32. The standard InChI is InChI=1S/C12H23N3O2/c1-7-4-5-9(13)6-10(7)12(17)15-8(2)11(16)14-3/h7-10H,4-6,13H2,1-3H3,(H,14,16)(H,15,17). The lowest BCUT2D eigenvalue weighted by Gasteiger charge is -2.32. The topological polar surface area (TPSA) is 84.2 Å². The number of amides is 2. The van der Waals surface area contributed by atoms with Gasteiger partial charge in [-0.3, -0.25) is 9.59 Å². The van der Waals surface area contributed by atoms with Crippen LogP contribution in [0.1, 0.15) is 33.1 Å². The van der Waals surface area contributed by atoms with Crippen molar-refractivity contribution in [3.63, 3.8) is 0 Å². The fourth-order valence-electron chi connectivity index (χ4n) is 2.32. The van der Waals surface area contributed by atoms with Gasteiger partial charge >= 0.3 is 0 Å². The number of nitrogens with one attached hydrogen (secondary N) is 2. The molecule has 0 aromatic rings. The minimum atomic E-state index is -0.488. The zero-order valence-electron chi connectivity index (χ0n) is 10.8. The maximum atomic E-state index is 12.0. The van der Waals surface area contributed by atoms with Gasteiger partial charge < -0.3 is 16.4 Å². The van der Waals surface area contributed by atoms with E-state index < -0.39 is 6.04 Å². The van der Waals surface area contributed by atoms with Crippen LogP contribution < -0.4 is 16.4 Å². The molecule has 5 nitrogen and oxygen atoms in total. The Balaban J connectivity index is 2.54. The summed E-state index contributed by atoms with van der Waals surface area (Å²) >= 11 is 0. The summed E-state index contributed by atoms with van der Waals surface area (Å²) in [5.41, 5.74) is 5.88. The summed E-state index contributed by atoms with van der Waals surface area (Å²) in [7, 11) is 1.56. The van der Waals surface area contributed by atoms with Gasteiger partial charge in [-0.1, -0.05) is 6.92 Å². The first-order valence-corrected chi connectivity index (χ1v) is 6.23. The molecule has 0 aliphatic heterocycles. The van der Waals surface area contributed by atoms with Crippen molar-refractivity contribution in [2.24, 2.45) is 17.6 Å². The van der Waals surface area contributed by atoms with Crippen LogP contribution in [0.4, 0.5) is 0 Å². The van der Waals surface area contributed by atoms with Crippen LogP contribution in [0.2, 0.25) is 0 Å². The Hall–Kier alpha value is -1.10. The first-order valence-electron chi connectivity index (χ1n) is 6.23. The molecule has 2 amide bonds. The van der Waals surface area contributed by atoms with Crippen molar-refractivity contribution in [1.29, 1.82) is 0 Å². The molecular formula is C12H23N3O2. The Kier molecular flexibility index (Phi) is 4.93. The molecule has 0 heterocycles. The first-order chi connectivity index (χ1) is 7.95. The molecule has 5 heteroatoms. The monoisotopic (exact) mass is 241 g/mol. The molecule has 0 aromatic carbocycles. The predicted molar refractivity (Wildman–Crippen MR) is 66.2 cm³/mol. The molecule has 1 fully saturated rings. The average molecular weight is 241 g/mol. The highest BCUT2D eigenvalue weighted by Crippen LogP contribution is 2.29. The summed E-state index contributed by atoms with van der Waals surface area (Å²) in [6, 6.07) is -0.380. The summed E-state index contributed by atoms with van der Waals surface area (Å²) in [6.07, 6.45) is 2.68. The Morgan fingerprint density at radius 1 is 1.35 bits per heavy atom. The smallest absolute Gasteiger partial charge is 0.242 e. The summed E-state index contributed by atoms with van der Waals surface area (Å²) < 4.78 is 0.